The zero-order chi connectivity index (χ0) is 9.97. The van der Waals surface area contributed by atoms with Crippen molar-refractivity contribution in [2.75, 3.05) is 0 Å². The van der Waals surface area contributed by atoms with E-state index in [1.54, 1.807) is 24.3 Å². The minimum absolute atomic E-state index is 0.544. The topological polar surface area (TPSA) is 53.8 Å². The summed E-state index contributed by atoms with van der Waals surface area (Å²) in [6, 6.07) is 8.98. The van der Waals surface area contributed by atoms with Gasteiger partial charge in [-0.15, -0.1) is 0 Å². The average molecular weight is 182 g/mol. The second-order valence-corrected chi connectivity index (χ2v) is 2.91. The van der Waals surface area contributed by atoms with Gasteiger partial charge in [0.2, 0.25) is 0 Å². The zero-order valence-corrected chi connectivity index (χ0v) is 7.27. The third-order valence-corrected chi connectivity index (χ3v) is 1.97. The number of benzene rings is 1. The number of hydrogen-bond acceptors (Lipinski definition) is 3. The first-order valence-corrected chi connectivity index (χ1v) is 4.08. The van der Waals surface area contributed by atoms with Crippen LogP contribution in [0.5, 0.6) is 0 Å². The highest BCUT2D eigenvalue weighted by Gasteiger charge is 1.98. The van der Waals surface area contributed by atoms with Gasteiger partial charge in [-0.1, -0.05) is 6.07 Å². The van der Waals surface area contributed by atoms with Crippen LogP contribution in [0.15, 0.2) is 30.5 Å². The van der Waals surface area contributed by atoms with Crippen LogP contribution in [0.25, 0.3) is 10.9 Å². The van der Waals surface area contributed by atoms with Crippen LogP contribution in [0, 0.1) is 11.3 Å². The van der Waals surface area contributed by atoms with Crippen molar-refractivity contribution in [2.24, 2.45) is 0 Å². The SMILES string of the molecule is N#Cc1ccc2cc(C=O)cnc2c1. The summed E-state index contributed by atoms with van der Waals surface area (Å²) in [7, 11) is 0. The Bertz CT molecular complexity index is 540. The molecule has 0 bridgehead atoms. The molecule has 1 aromatic carbocycles. The highest BCUT2D eigenvalue weighted by molar-refractivity contribution is 5.86. The van der Waals surface area contributed by atoms with Crippen LogP contribution in [-0.4, -0.2) is 11.3 Å². The molecule has 2 rings (SSSR count). The fraction of sp³-hybridized carbons (Fsp3) is 0. The molecule has 0 aliphatic rings. The molecule has 14 heavy (non-hydrogen) atoms. The molecule has 66 valence electrons. The highest BCUT2D eigenvalue weighted by Crippen LogP contribution is 2.14. The summed E-state index contributed by atoms with van der Waals surface area (Å²) in [5.74, 6) is 0. The number of aldehydes is 1. The van der Waals surface area contributed by atoms with Crippen molar-refractivity contribution in [2.45, 2.75) is 0 Å². The molecule has 0 fully saturated rings. The summed E-state index contributed by atoms with van der Waals surface area (Å²) >= 11 is 0. The van der Waals surface area contributed by atoms with E-state index in [1.807, 2.05) is 6.07 Å². The number of aromatic nitrogens is 1. The minimum atomic E-state index is 0.544. The summed E-state index contributed by atoms with van der Waals surface area (Å²) < 4.78 is 0. The van der Waals surface area contributed by atoms with Crippen molar-refractivity contribution in [3.63, 3.8) is 0 Å². The van der Waals surface area contributed by atoms with E-state index in [4.69, 9.17) is 5.26 Å². The van der Waals surface area contributed by atoms with E-state index in [0.29, 0.717) is 11.1 Å². The summed E-state index contributed by atoms with van der Waals surface area (Å²) in [4.78, 5) is 14.6. The van der Waals surface area contributed by atoms with Gasteiger partial charge in [0.15, 0.2) is 6.29 Å². The summed E-state index contributed by atoms with van der Waals surface area (Å²) in [5.41, 5.74) is 1.85. The zero-order valence-electron chi connectivity index (χ0n) is 7.27. The van der Waals surface area contributed by atoms with Crippen molar-refractivity contribution in [1.82, 2.24) is 4.98 Å². The van der Waals surface area contributed by atoms with Gasteiger partial charge in [-0.25, -0.2) is 0 Å². The smallest absolute Gasteiger partial charge is 0.151 e. The molecule has 0 unspecified atom stereocenters. The maximum atomic E-state index is 10.5. The lowest BCUT2D eigenvalue weighted by atomic mass is 10.1. The van der Waals surface area contributed by atoms with Gasteiger partial charge in [-0.3, -0.25) is 9.78 Å². The first-order valence-electron chi connectivity index (χ1n) is 4.08. The second-order valence-electron chi connectivity index (χ2n) is 2.91. The van der Waals surface area contributed by atoms with Gasteiger partial charge < -0.3 is 0 Å². The van der Waals surface area contributed by atoms with Gasteiger partial charge in [-0.05, 0) is 18.2 Å². The molecule has 0 aliphatic carbocycles. The molecule has 0 saturated heterocycles. The molecule has 2 aromatic rings. The quantitative estimate of drug-likeness (QED) is 0.633. The van der Waals surface area contributed by atoms with Crippen LogP contribution in [-0.2, 0) is 0 Å². The van der Waals surface area contributed by atoms with Gasteiger partial charge in [0.1, 0.15) is 0 Å². The molecule has 1 heterocycles. The van der Waals surface area contributed by atoms with Gasteiger partial charge in [0, 0.05) is 17.1 Å². The summed E-state index contributed by atoms with van der Waals surface area (Å²) in [6.07, 6.45) is 2.25. The maximum absolute atomic E-state index is 10.5. The Labute approximate surface area is 80.6 Å². The number of pyridine rings is 1. The fourth-order valence-corrected chi connectivity index (χ4v) is 1.27. The van der Waals surface area contributed by atoms with Crippen molar-refractivity contribution in [1.29, 1.82) is 5.26 Å². The molecule has 0 atom stereocenters. The monoisotopic (exact) mass is 182 g/mol. The first kappa shape index (κ1) is 8.39. The van der Waals surface area contributed by atoms with Crippen LogP contribution < -0.4 is 0 Å². The molecule has 0 N–H and O–H groups in total. The van der Waals surface area contributed by atoms with Crippen molar-refractivity contribution >= 4 is 17.2 Å². The van der Waals surface area contributed by atoms with E-state index in [1.165, 1.54) is 6.20 Å². The molecule has 1 aromatic heterocycles. The van der Waals surface area contributed by atoms with Gasteiger partial charge >= 0.3 is 0 Å². The standard InChI is InChI=1S/C11H6N2O/c12-5-8-1-2-10-3-9(7-14)6-13-11(10)4-8/h1-4,6-7H. The number of nitrogens with zero attached hydrogens (tertiary/aromatic N) is 2. The average Bonchev–Trinajstić information content (AvgIpc) is 2.27. The van der Waals surface area contributed by atoms with E-state index in [-0.39, 0.29) is 0 Å². The summed E-state index contributed by atoms with van der Waals surface area (Å²) in [5, 5.41) is 9.53. The lowest BCUT2D eigenvalue weighted by Crippen LogP contribution is -1.85. The predicted molar refractivity (Wildman–Crippen MR) is 51.8 cm³/mol. The number of carbonyl (C=O) groups is 1. The Morgan fingerprint density at radius 1 is 1.36 bits per heavy atom. The molecule has 0 spiro atoms. The van der Waals surface area contributed by atoms with Crippen molar-refractivity contribution in [3.05, 3.63) is 41.6 Å². The minimum Gasteiger partial charge on any atom is -0.298 e. The van der Waals surface area contributed by atoms with Crippen LogP contribution in [0.3, 0.4) is 0 Å². The molecule has 3 nitrogen and oxygen atoms in total. The normalized spacial score (nSPS) is 9.64. The van der Waals surface area contributed by atoms with Crippen molar-refractivity contribution < 1.29 is 4.79 Å². The van der Waals surface area contributed by atoms with Gasteiger partial charge in [0.25, 0.3) is 0 Å². The molecular formula is C11H6N2O. The first-order chi connectivity index (χ1) is 6.83. The second kappa shape index (κ2) is 3.27. The van der Waals surface area contributed by atoms with E-state index < -0.39 is 0 Å². The Hall–Kier alpha value is -2.21. The summed E-state index contributed by atoms with van der Waals surface area (Å²) in [6.45, 7) is 0. The molecule has 0 radical (unpaired) electrons. The number of nitriles is 1. The Morgan fingerprint density at radius 3 is 2.93 bits per heavy atom. The molecular weight excluding hydrogens is 176 g/mol. The molecule has 3 heteroatoms. The van der Waals surface area contributed by atoms with Gasteiger partial charge in [-0.2, -0.15) is 5.26 Å². The number of hydrogen-bond donors (Lipinski definition) is 0. The third kappa shape index (κ3) is 1.34. The molecule has 0 amide bonds. The predicted octanol–water partition coefficient (Wildman–Crippen LogP) is 1.92. The number of rotatable bonds is 1. The Balaban J connectivity index is 2.70. The van der Waals surface area contributed by atoms with Gasteiger partial charge in [0.05, 0.1) is 17.1 Å². The van der Waals surface area contributed by atoms with Crippen LogP contribution in [0.1, 0.15) is 15.9 Å². The highest BCUT2D eigenvalue weighted by atomic mass is 16.1. The van der Waals surface area contributed by atoms with Crippen molar-refractivity contribution in [3.8, 4) is 6.07 Å². The molecule has 0 saturated carbocycles. The lowest BCUT2D eigenvalue weighted by Gasteiger charge is -1.97. The fourth-order valence-electron chi connectivity index (χ4n) is 1.27. The maximum Gasteiger partial charge on any atom is 0.151 e. The molecule has 0 aliphatic heterocycles. The van der Waals surface area contributed by atoms with Crippen LogP contribution in [0.2, 0.25) is 0 Å². The van der Waals surface area contributed by atoms with E-state index >= 15 is 0 Å². The van der Waals surface area contributed by atoms with Crippen LogP contribution in [0.4, 0.5) is 0 Å². The lowest BCUT2D eigenvalue weighted by molar-refractivity contribution is 0.112. The van der Waals surface area contributed by atoms with E-state index in [2.05, 4.69) is 4.98 Å². The Morgan fingerprint density at radius 2 is 2.21 bits per heavy atom. The number of carbonyl (C=O) groups excluding carboxylic acids is 1. The van der Waals surface area contributed by atoms with Crippen LogP contribution >= 0.6 is 0 Å². The van der Waals surface area contributed by atoms with E-state index in [0.717, 1.165) is 17.2 Å². The largest absolute Gasteiger partial charge is 0.298 e. The Kier molecular flexibility index (Phi) is 1.96. The number of fused-ring (bicyclic) bond motifs is 1. The third-order valence-electron chi connectivity index (χ3n) is 1.97. The van der Waals surface area contributed by atoms with E-state index in [9.17, 15) is 4.79 Å².